The first kappa shape index (κ1) is 11.8. The van der Waals surface area contributed by atoms with Crippen molar-refractivity contribution in [2.24, 2.45) is 5.73 Å². The number of hydrogen-bond donors (Lipinski definition) is 1. The van der Waals surface area contributed by atoms with Crippen LogP contribution in [0.5, 0.6) is 0 Å². The Morgan fingerprint density at radius 1 is 1.05 bits per heavy atom. The maximum atomic E-state index is 5.64. The lowest BCUT2D eigenvalue weighted by atomic mass is 10.1. The van der Waals surface area contributed by atoms with Gasteiger partial charge in [0.15, 0.2) is 0 Å². The van der Waals surface area contributed by atoms with Gasteiger partial charge < -0.3 is 5.73 Å². The number of rotatable bonds is 2. The van der Waals surface area contributed by atoms with Gasteiger partial charge in [0.2, 0.25) is 0 Å². The first-order valence-corrected chi connectivity index (χ1v) is 7.54. The van der Waals surface area contributed by atoms with Gasteiger partial charge in [-0.2, -0.15) is 0 Å². The summed E-state index contributed by atoms with van der Waals surface area (Å²) in [5, 5.41) is 1.10. The Bertz CT molecular complexity index is 772. The van der Waals surface area contributed by atoms with E-state index >= 15 is 0 Å². The monoisotopic (exact) mass is 278 g/mol. The van der Waals surface area contributed by atoms with Gasteiger partial charge in [-0.15, -0.1) is 11.3 Å². The molecule has 1 aliphatic carbocycles. The molecule has 0 fully saturated rings. The van der Waals surface area contributed by atoms with Crippen molar-refractivity contribution in [1.82, 2.24) is 4.98 Å². The zero-order valence-electron chi connectivity index (χ0n) is 11.0. The molecular weight excluding hydrogens is 264 g/mol. The fourth-order valence-electron chi connectivity index (χ4n) is 2.67. The van der Waals surface area contributed by atoms with Crippen LogP contribution >= 0.6 is 11.3 Å². The smallest absolute Gasteiger partial charge is 0.124 e. The molecule has 3 aromatic rings. The van der Waals surface area contributed by atoms with Gasteiger partial charge in [-0.3, -0.25) is 0 Å². The van der Waals surface area contributed by atoms with Gasteiger partial charge in [0, 0.05) is 29.0 Å². The molecule has 0 spiro atoms. The standard InChI is InChI=1S/C17H14N2S/c18-10-11-5-7-12(8-6-11)17-19-16-14-4-2-1-3-13(14)9-15(16)20-17/h1-8H,9-10,18H2. The molecule has 20 heavy (non-hydrogen) atoms. The van der Waals surface area contributed by atoms with Gasteiger partial charge in [0.25, 0.3) is 0 Å². The molecule has 3 heteroatoms. The SMILES string of the molecule is NCc1ccc(-c2nc3c(s2)Cc2ccccc2-3)cc1. The Morgan fingerprint density at radius 2 is 1.85 bits per heavy atom. The number of benzene rings is 2. The topological polar surface area (TPSA) is 38.9 Å². The van der Waals surface area contributed by atoms with Crippen molar-refractivity contribution in [1.29, 1.82) is 0 Å². The van der Waals surface area contributed by atoms with Crippen molar-refractivity contribution < 1.29 is 0 Å². The average Bonchev–Trinajstić information content (AvgIpc) is 3.05. The number of nitrogens with zero attached hydrogens (tertiary/aromatic N) is 1. The first-order valence-electron chi connectivity index (χ1n) is 6.72. The molecule has 0 amide bonds. The molecule has 4 rings (SSSR count). The van der Waals surface area contributed by atoms with Crippen LogP contribution in [0.25, 0.3) is 21.8 Å². The largest absolute Gasteiger partial charge is 0.326 e. The highest BCUT2D eigenvalue weighted by Gasteiger charge is 2.22. The van der Waals surface area contributed by atoms with Crippen molar-refractivity contribution in [2.75, 3.05) is 0 Å². The predicted molar refractivity (Wildman–Crippen MR) is 83.7 cm³/mol. The van der Waals surface area contributed by atoms with E-state index in [4.69, 9.17) is 10.7 Å². The third kappa shape index (κ3) is 1.79. The van der Waals surface area contributed by atoms with Crippen LogP contribution in [0.4, 0.5) is 0 Å². The van der Waals surface area contributed by atoms with Gasteiger partial charge in [-0.25, -0.2) is 4.98 Å². The molecule has 0 saturated heterocycles. The Kier molecular flexibility index (Phi) is 2.69. The van der Waals surface area contributed by atoms with Crippen LogP contribution in [0.3, 0.4) is 0 Å². The number of thiazole rings is 1. The summed E-state index contributed by atoms with van der Waals surface area (Å²) in [6.07, 6.45) is 1.02. The van der Waals surface area contributed by atoms with E-state index in [1.54, 1.807) is 11.3 Å². The summed E-state index contributed by atoms with van der Waals surface area (Å²) >= 11 is 1.80. The van der Waals surface area contributed by atoms with Crippen LogP contribution in [0.1, 0.15) is 16.0 Å². The molecule has 98 valence electrons. The lowest BCUT2D eigenvalue weighted by Crippen LogP contribution is -1.95. The summed E-state index contributed by atoms with van der Waals surface area (Å²) in [6, 6.07) is 16.9. The Labute approximate surface area is 121 Å². The summed E-state index contributed by atoms with van der Waals surface area (Å²) in [6.45, 7) is 0.585. The highest BCUT2D eigenvalue weighted by molar-refractivity contribution is 7.15. The van der Waals surface area contributed by atoms with Crippen LogP contribution in [-0.2, 0) is 13.0 Å². The van der Waals surface area contributed by atoms with Crippen LogP contribution in [0.15, 0.2) is 48.5 Å². The molecule has 0 atom stereocenters. The number of fused-ring (bicyclic) bond motifs is 3. The second-order valence-electron chi connectivity index (χ2n) is 5.03. The molecule has 2 nitrogen and oxygen atoms in total. The average molecular weight is 278 g/mol. The van der Waals surface area contributed by atoms with Crippen molar-refractivity contribution in [3.63, 3.8) is 0 Å². The number of aromatic nitrogens is 1. The molecule has 1 aliphatic rings. The van der Waals surface area contributed by atoms with E-state index < -0.39 is 0 Å². The molecule has 1 heterocycles. The number of nitrogens with two attached hydrogens (primary N) is 1. The molecule has 2 aromatic carbocycles. The fourth-order valence-corrected chi connectivity index (χ4v) is 3.77. The molecule has 0 bridgehead atoms. The third-order valence-electron chi connectivity index (χ3n) is 3.76. The molecule has 0 unspecified atom stereocenters. The highest BCUT2D eigenvalue weighted by Crippen LogP contribution is 2.41. The second-order valence-corrected chi connectivity index (χ2v) is 6.11. The maximum Gasteiger partial charge on any atom is 0.124 e. The van der Waals surface area contributed by atoms with E-state index in [1.807, 2.05) is 0 Å². The summed E-state index contributed by atoms with van der Waals surface area (Å²) in [7, 11) is 0. The highest BCUT2D eigenvalue weighted by atomic mass is 32.1. The normalized spacial score (nSPS) is 12.2. The van der Waals surface area contributed by atoms with E-state index in [9.17, 15) is 0 Å². The molecule has 0 radical (unpaired) electrons. The summed E-state index contributed by atoms with van der Waals surface area (Å²) in [5.41, 5.74) is 11.8. The molecule has 0 aliphatic heterocycles. The van der Waals surface area contributed by atoms with Gasteiger partial charge in [-0.1, -0.05) is 48.5 Å². The molecule has 0 saturated carbocycles. The molecule has 2 N–H and O–H groups in total. The van der Waals surface area contributed by atoms with Crippen LogP contribution < -0.4 is 5.73 Å². The van der Waals surface area contributed by atoms with Crippen molar-refractivity contribution in [3.8, 4) is 21.8 Å². The van der Waals surface area contributed by atoms with E-state index in [0.29, 0.717) is 6.54 Å². The van der Waals surface area contributed by atoms with Gasteiger partial charge in [0.1, 0.15) is 5.01 Å². The summed E-state index contributed by atoms with van der Waals surface area (Å²) < 4.78 is 0. The lowest BCUT2D eigenvalue weighted by molar-refractivity contribution is 1.07. The van der Waals surface area contributed by atoms with Crippen LogP contribution in [0.2, 0.25) is 0 Å². The van der Waals surface area contributed by atoms with E-state index in [2.05, 4.69) is 48.5 Å². The lowest BCUT2D eigenvalue weighted by Gasteiger charge is -2.00. The predicted octanol–water partition coefficient (Wildman–Crippen LogP) is 3.84. The quantitative estimate of drug-likeness (QED) is 0.605. The zero-order chi connectivity index (χ0) is 13.5. The second kappa shape index (κ2) is 4.54. The van der Waals surface area contributed by atoms with Gasteiger partial charge in [0.05, 0.1) is 5.69 Å². The third-order valence-corrected chi connectivity index (χ3v) is 4.86. The van der Waals surface area contributed by atoms with Crippen molar-refractivity contribution in [2.45, 2.75) is 13.0 Å². The van der Waals surface area contributed by atoms with Gasteiger partial charge in [-0.05, 0) is 11.1 Å². The zero-order valence-corrected chi connectivity index (χ0v) is 11.8. The molecular formula is C17H14N2S. The molecule has 1 aromatic heterocycles. The van der Waals surface area contributed by atoms with E-state index in [-0.39, 0.29) is 0 Å². The van der Waals surface area contributed by atoms with Crippen molar-refractivity contribution >= 4 is 11.3 Å². The fraction of sp³-hybridized carbons (Fsp3) is 0.118. The number of hydrogen-bond acceptors (Lipinski definition) is 3. The Balaban J connectivity index is 1.76. The van der Waals surface area contributed by atoms with Crippen LogP contribution in [-0.4, -0.2) is 4.98 Å². The van der Waals surface area contributed by atoms with Crippen molar-refractivity contribution in [3.05, 3.63) is 64.5 Å². The minimum absolute atomic E-state index is 0.585. The van der Waals surface area contributed by atoms with Gasteiger partial charge >= 0.3 is 0 Å². The Hall–Kier alpha value is -1.97. The van der Waals surface area contributed by atoms with E-state index in [1.165, 1.54) is 27.3 Å². The van der Waals surface area contributed by atoms with Crippen LogP contribution in [0, 0.1) is 0 Å². The summed E-state index contributed by atoms with van der Waals surface area (Å²) in [4.78, 5) is 6.22. The minimum atomic E-state index is 0.585. The summed E-state index contributed by atoms with van der Waals surface area (Å²) in [5.74, 6) is 0. The van der Waals surface area contributed by atoms with E-state index in [0.717, 1.165) is 17.0 Å². The maximum absolute atomic E-state index is 5.64. The Morgan fingerprint density at radius 3 is 2.65 bits per heavy atom. The minimum Gasteiger partial charge on any atom is -0.326 e. The first-order chi connectivity index (χ1) is 9.85.